The van der Waals surface area contributed by atoms with Crippen molar-refractivity contribution in [3.63, 3.8) is 0 Å². The van der Waals surface area contributed by atoms with E-state index in [1.807, 2.05) is 42.8 Å². The minimum absolute atomic E-state index is 0.000737. The van der Waals surface area contributed by atoms with Crippen LogP contribution in [0.1, 0.15) is 30.6 Å². The number of aromatic nitrogens is 1. The predicted octanol–water partition coefficient (Wildman–Crippen LogP) is 0.313. The highest BCUT2D eigenvalue weighted by Gasteiger charge is 2.54. The Morgan fingerprint density at radius 2 is 2.10 bits per heavy atom. The number of ether oxygens (including phenoxy) is 1. The highest BCUT2D eigenvalue weighted by molar-refractivity contribution is 5.82. The average Bonchev–Trinajstić information content (AvgIpc) is 3.29. The molecule has 3 aliphatic rings. The van der Waals surface area contributed by atoms with E-state index in [2.05, 4.69) is 15.1 Å². The number of amides is 1. The van der Waals surface area contributed by atoms with Gasteiger partial charge in [-0.1, -0.05) is 12.2 Å². The normalized spacial score (nSPS) is 28.7. The summed E-state index contributed by atoms with van der Waals surface area (Å²) >= 11 is 0. The van der Waals surface area contributed by atoms with Gasteiger partial charge in [0.1, 0.15) is 0 Å². The van der Waals surface area contributed by atoms with Crippen LogP contribution in [-0.2, 0) is 16.1 Å². The number of rotatable bonds is 7. The molecule has 31 heavy (non-hydrogen) atoms. The summed E-state index contributed by atoms with van der Waals surface area (Å²) in [7, 11) is 1.94. The fourth-order valence-corrected chi connectivity index (χ4v) is 5.54. The monoisotopic (exact) mass is 430 g/mol. The Bertz CT molecular complexity index is 877. The first kappa shape index (κ1) is 22.2. The van der Waals surface area contributed by atoms with Gasteiger partial charge in [0.2, 0.25) is 5.91 Å². The summed E-state index contributed by atoms with van der Waals surface area (Å²) in [6.07, 6.45) is 4.58. The van der Waals surface area contributed by atoms with Gasteiger partial charge in [-0.2, -0.15) is 0 Å². The van der Waals surface area contributed by atoms with Crippen LogP contribution < -0.4 is 10.9 Å². The Hall–Kier alpha value is -2.00. The third kappa shape index (κ3) is 4.22. The number of likely N-dealkylation sites (N-methyl/N-ethyl adjacent to an activating group) is 1. The third-order valence-corrected chi connectivity index (χ3v) is 7.05. The molecule has 8 heteroatoms. The lowest BCUT2D eigenvalue weighted by Crippen LogP contribution is -2.47. The van der Waals surface area contributed by atoms with E-state index < -0.39 is 0 Å². The number of carbonyl (C=O) groups excluding carboxylic acids is 1. The Labute approximate surface area is 183 Å². The van der Waals surface area contributed by atoms with Gasteiger partial charge in [0.25, 0.3) is 5.56 Å². The standard InChI is InChI=1S/C23H34N4O4/c1-3-5-16-6-7-19-20-17(14-27(19)23(16)30)18(15-28)21(25(20)2)22(29)24-8-4-9-26-10-12-31-13-11-26/h3,5-7,17-18,20-21,28H,4,8-15H2,1-2H3,(H,24,29)/b5-3-/t17-,18-,20+,21-/m1/s1. The van der Waals surface area contributed by atoms with Crippen molar-refractivity contribution in [2.75, 3.05) is 53.0 Å². The molecule has 3 aliphatic heterocycles. The van der Waals surface area contributed by atoms with E-state index in [0.29, 0.717) is 18.7 Å². The molecule has 0 aliphatic carbocycles. The molecule has 0 spiro atoms. The van der Waals surface area contributed by atoms with Crippen molar-refractivity contribution in [3.8, 4) is 0 Å². The lowest BCUT2D eigenvalue weighted by Gasteiger charge is -2.28. The molecule has 8 nitrogen and oxygen atoms in total. The number of nitrogens with zero attached hydrogens (tertiary/aromatic N) is 3. The Morgan fingerprint density at radius 3 is 2.81 bits per heavy atom. The van der Waals surface area contributed by atoms with Crippen LogP contribution in [0.5, 0.6) is 0 Å². The zero-order valence-electron chi connectivity index (χ0n) is 18.5. The van der Waals surface area contributed by atoms with E-state index in [-0.39, 0.29) is 42.0 Å². The lowest BCUT2D eigenvalue weighted by molar-refractivity contribution is -0.127. The zero-order valence-corrected chi connectivity index (χ0v) is 18.5. The molecular formula is C23H34N4O4. The number of likely N-dealkylation sites (tertiary alicyclic amines) is 1. The fourth-order valence-electron chi connectivity index (χ4n) is 5.54. The van der Waals surface area contributed by atoms with Crippen LogP contribution in [0.2, 0.25) is 0 Å². The number of aliphatic hydroxyl groups is 1. The van der Waals surface area contributed by atoms with Gasteiger partial charge in [0, 0.05) is 55.9 Å². The number of nitrogens with one attached hydrogen (secondary N) is 1. The van der Waals surface area contributed by atoms with Crippen LogP contribution in [0, 0.1) is 11.8 Å². The second kappa shape index (κ2) is 9.65. The summed E-state index contributed by atoms with van der Waals surface area (Å²) in [5, 5.41) is 13.2. The van der Waals surface area contributed by atoms with E-state index in [1.165, 1.54) is 0 Å². The van der Waals surface area contributed by atoms with Crippen molar-refractivity contribution in [2.45, 2.75) is 32.0 Å². The summed E-state index contributed by atoms with van der Waals surface area (Å²) in [4.78, 5) is 30.3. The number of carbonyl (C=O) groups is 1. The van der Waals surface area contributed by atoms with Crippen molar-refractivity contribution >= 4 is 12.0 Å². The van der Waals surface area contributed by atoms with Gasteiger partial charge < -0.3 is 19.7 Å². The average molecular weight is 431 g/mol. The van der Waals surface area contributed by atoms with E-state index >= 15 is 0 Å². The fraction of sp³-hybridized carbons (Fsp3) is 0.652. The molecule has 0 unspecified atom stereocenters. The quantitative estimate of drug-likeness (QED) is 0.606. The summed E-state index contributed by atoms with van der Waals surface area (Å²) in [6, 6.07) is 3.43. The van der Waals surface area contributed by atoms with Crippen LogP contribution in [0.4, 0.5) is 0 Å². The first-order chi connectivity index (χ1) is 15.1. The molecule has 2 saturated heterocycles. The maximum Gasteiger partial charge on any atom is 0.258 e. The van der Waals surface area contributed by atoms with E-state index in [1.54, 1.807) is 0 Å². The molecule has 0 saturated carbocycles. The van der Waals surface area contributed by atoms with Gasteiger partial charge in [-0.05, 0) is 39.1 Å². The number of allylic oxidation sites excluding steroid dienone is 1. The van der Waals surface area contributed by atoms with Crippen molar-refractivity contribution in [3.05, 3.63) is 39.8 Å². The van der Waals surface area contributed by atoms with Gasteiger partial charge in [0.15, 0.2) is 0 Å². The minimum atomic E-state index is -0.387. The minimum Gasteiger partial charge on any atom is -0.396 e. The molecule has 0 radical (unpaired) electrons. The number of pyridine rings is 1. The molecule has 170 valence electrons. The smallest absolute Gasteiger partial charge is 0.258 e. The molecule has 1 amide bonds. The first-order valence-corrected chi connectivity index (χ1v) is 11.3. The topological polar surface area (TPSA) is 87.0 Å². The van der Waals surface area contributed by atoms with Gasteiger partial charge >= 0.3 is 0 Å². The van der Waals surface area contributed by atoms with Crippen molar-refractivity contribution < 1.29 is 14.6 Å². The second-order valence-corrected chi connectivity index (χ2v) is 8.79. The van der Waals surface area contributed by atoms with Gasteiger partial charge in [-0.3, -0.25) is 19.4 Å². The van der Waals surface area contributed by atoms with E-state index in [0.717, 1.165) is 45.0 Å². The summed E-state index contributed by atoms with van der Waals surface area (Å²) in [5.41, 5.74) is 1.61. The highest BCUT2D eigenvalue weighted by atomic mass is 16.5. The molecular weight excluding hydrogens is 396 g/mol. The Balaban J connectivity index is 1.42. The van der Waals surface area contributed by atoms with Crippen LogP contribution in [0.15, 0.2) is 23.0 Å². The van der Waals surface area contributed by atoms with Crippen molar-refractivity contribution in [1.29, 1.82) is 0 Å². The Kier molecular flexibility index (Phi) is 6.91. The van der Waals surface area contributed by atoms with Crippen LogP contribution in [-0.4, -0.2) is 84.5 Å². The first-order valence-electron chi connectivity index (χ1n) is 11.3. The Morgan fingerprint density at radius 1 is 1.32 bits per heavy atom. The molecule has 1 aromatic heterocycles. The summed E-state index contributed by atoms with van der Waals surface area (Å²) < 4.78 is 7.19. The van der Waals surface area contributed by atoms with Gasteiger partial charge in [-0.15, -0.1) is 0 Å². The molecule has 1 aromatic rings. The maximum atomic E-state index is 13.1. The number of aliphatic hydroxyl groups excluding tert-OH is 1. The molecule has 4 heterocycles. The van der Waals surface area contributed by atoms with Crippen LogP contribution in [0.25, 0.3) is 6.08 Å². The highest BCUT2D eigenvalue weighted by Crippen LogP contribution is 2.48. The molecule has 2 N–H and O–H groups in total. The maximum absolute atomic E-state index is 13.1. The summed E-state index contributed by atoms with van der Waals surface area (Å²) in [5.74, 6) is -0.177. The molecule has 0 aromatic carbocycles. The van der Waals surface area contributed by atoms with Crippen molar-refractivity contribution in [2.24, 2.45) is 11.8 Å². The van der Waals surface area contributed by atoms with Crippen LogP contribution >= 0.6 is 0 Å². The van der Waals surface area contributed by atoms with E-state index in [4.69, 9.17) is 4.74 Å². The van der Waals surface area contributed by atoms with Crippen LogP contribution in [0.3, 0.4) is 0 Å². The predicted molar refractivity (Wildman–Crippen MR) is 119 cm³/mol. The second-order valence-electron chi connectivity index (χ2n) is 8.79. The molecule has 2 fully saturated rings. The summed E-state index contributed by atoms with van der Waals surface area (Å²) in [6.45, 7) is 7.39. The lowest BCUT2D eigenvalue weighted by atomic mass is 9.88. The largest absolute Gasteiger partial charge is 0.396 e. The number of fused-ring (bicyclic) bond motifs is 3. The molecule has 0 bridgehead atoms. The SMILES string of the molecule is C/C=C\c1ccc2n(c1=O)C[C@@H]1[C@@H](CO)[C@H](C(=O)NCCCN3CCOCC3)N(C)[C@H]21. The number of hydrogen-bond acceptors (Lipinski definition) is 6. The molecule has 4 rings (SSSR count). The van der Waals surface area contributed by atoms with E-state index in [9.17, 15) is 14.7 Å². The van der Waals surface area contributed by atoms with Gasteiger partial charge in [-0.25, -0.2) is 0 Å². The third-order valence-electron chi connectivity index (χ3n) is 7.05. The number of hydrogen-bond donors (Lipinski definition) is 2. The van der Waals surface area contributed by atoms with Gasteiger partial charge in [0.05, 0.1) is 25.3 Å². The van der Waals surface area contributed by atoms with Crippen molar-refractivity contribution in [1.82, 2.24) is 19.7 Å². The zero-order chi connectivity index (χ0) is 22.0. The molecule has 4 atom stereocenters. The number of morpholine rings is 1.